The van der Waals surface area contributed by atoms with E-state index >= 15 is 0 Å². The molecule has 0 bridgehead atoms. The molecule has 3 N–H and O–H groups in total. The third-order valence-electron chi connectivity index (χ3n) is 7.25. The molecule has 10 nitrogen and oxygen atoms in total. The van der Waals surface area contributed by atoms with Gasteiger partial charge in [0, 0.05) is 37.2 Å². The van der Waals surface area contributed by atoms with Gasteiger partial charge in [0.1, 0.15) is 17.3 Å². The van der Waals surface area contributed by atoms with Crippen LogP contribution in [0.3, 0.4) is 0 Å². The number of rotatable bonds is 6. The van der Waals surface area contributed by atoms with Crippen molar-refractivity contribution in [3.05, 3.63) is 35.0 Å². The van der Waals surface area contributed by atoms with E-state index in [4.69, 9.17) is 25.4 Å². The zero-order chi connectivity index (χ0) is 24.3. The van der Waals surface area contributed by atoms with E-state index in [1.165, 1.54) is 16.8 Å². The Morgan fingerprint density at radius 2 is 2.09 bits per heavy atom. The molecule has 0 unspecified atom stereocenters. The fourth-order valence-electron chi connectivity index (χ4n) is 5.36. The Morgan fingerprint density at radius 3 is 2.80 bits per heavy atom. The smallest absolute Gasteiger partial charge is 0.404 e. The molecule has 35 heavy (non-hydrogen) atoms. The minimum atomic E-state index is -1.16. The number of hydrogen-bond donors (Lipinski definition) is 2. The molecule has 1 fully saturated rings. The molecule has 2 aliphatic heterocycles. The minimum absolute atomic E-state index is 0.0648. The predicted octanol–water partition coefficient (Wildman–Crippen LogP) is 1.85. The highest BCUT2D eigenvalue weighted by molar-refractivity contribution is 7.85. The fraction of sp³-hybridized carbons (Fsp3) is 0.542. The lowest BCUT2D eigenvalue weighted by atomic mass is 9.95. The number of carbonyl (C=O) groups excluding carboxylic acids is 1. The van der Waals surface area contributed by atoms with Gasteiger partial charge in [-0.15, -0.1) is 0 Å². The standard InChI is InChI=1S/C24H29N7O3S/c1-24(2,12-34-22(25)32)30-21-19-18(5-6-35(19)33)28-23(29-21)31-10-15-7-14(8-16(15)11-31)20-26-9-13-3-4-17(13)27-20/h7,9,15-16H,3-6,8,10-12H2,1-2H3,(H2,25,32)(H,28,29,30)/t15-,16+,35+/m0/s1. The summed E-state index contributed by atoms with van der Waals surface area (Å²) in [5.41, 5.74) is 9.05. The molecule has 1 saturated heterocycles. The molecule has 0 saturated carbocycles. The SMILES string of the molecule is CC(C)(COC(N)=O)Nc1nc(N2C[C@H]3CC(c4ncc5c(n4)CC5)=C[C@H]3C2)nc2c1[S@](=O)CC2. The van der Waals surface area contributed by atoms with E-state index < -0.39 is 22.4 Å². The van der Waals surface area contributed by atoms with E-state index in [1.54, 1.807) is 0 Å². The second-order valence-electron chi connectivity index (χ2n) is 10.5. The summed E-state index contributed by atoms with van der Waals surface area (Å²) in [6, 6.07) is 0. The Hall–Kier alpha value is -3.08. The second kappa shape index (κ2) is 8.25. The third kappa shape index (κ3) is 4.15. The first-order valence-corrected chi connectivity index (χ1v) is 13.4. The first kappa shape index (κ1) is 22.4. The number of ether oxygens (including phenoxy) is 1. The number of aromatic nitrogens is 4. The molecular weight excluding hydrogens is 466 g/mol. The lowest BCUT2D eigenvalue weighted by molar-refractivity contribution is 0.138. The van der Waals surface area contributed by atoms with Crippen LogP contribution in [0.4, 0.5) is 16.6 Å². The van der Waals surface area contributed by atoms with Gasteiger partial charge in [-0.25, -0.2) is 19.7 Å². The van der Waals surface area contributed by atoms with Gasteiger partial charge in [0.05, 0.1) is 22.0 Å². The Bertz CT molecular complexity index is 1280. The molecule has 11 heteroatoms. The van der Waals surface area contributed by atoms with Gasteiger partial charge in [0.2, 0.25) is 5.95 Å². The highest BCUT2D eigenvalue weighted by Gasteiger charge is 2.39. The summed E-state index contributed by atoms with van der Waals surface area (Å²) in [6.45, 7) is 5.51. The van der Waals surface area contributed by atoms with Gasteiger partial charge >= 0.3 is 6.09 Å². The van der Waals surface area contributed by atoms with Crippen LogP contribution >= 0.6 is 0 Å². The highest BCUT2D eigenvalue weighted by atomic mass is 32.2. The highest BCUT2D eigenvalue weighted by Crippen LogP contribution is 2.42. The van der Waals surface area contributed by atoms with Crippen molar-refractivity contribution in [1.82, 2.24) is 19.9 Å². The van der Waals surface area contributed by atoms with Crippen LogP contribution in [0.25, 0.3) is 5.57 Å². The molecule has 1 amide bonds. The van der Waals surface area contributed by atoms with Crippen LogP contribution < -0.4 is 16.0 Å². The maximum Gasteiger partial charge on any atom is 0.404 e. The van der Waals surface area contributed by atoms with Crippen LogP contribution in [0.2, 0.25) is 0 Å². The topological polar surface area (TPSA) is 136 Å². The van der Waals surface area contributed by atoms with Gasteiger partial charge in [-0.2, -0.15) is 4.98 Å². The summed E-state index contributed by atoms with van der Waals surface area (Å²) in [6.07, 6.45) is 7.24. The average molecular weight is 496 g/mol. The van der Waals surface area contributed by atoms with E-state index in [0.29, 0.717) is 40.7 Å². The largest absolute Gasteiger partial charge is 0.447 e. The van der Waals surface area contributed by atoms with Crippen LogP contribution in [0.5, 0.6) is 0 Å². The molecular formula is C24H29N7O3S. The monoisotopic (exact) mass is 495 g/mol. The van der Waals surface area contributed by atoms with Crippen LogP contribution in [-0.4, -0.2) is 61.2 Å². The van der Waals surface area contributed by atoms with Crippen molar-refractivity contribution in [3.63, 3.8) is 0 Å². The Morgan fingerprint density at radius 1 is 1.23 bits per heavy atom. The number of fused-ring (bicyclic) bond motifs is 3. The number of primary amides is 1. The number of nitrogens with two attached hydrogens (primary N) is 1. The zero-order valence-electron chi connectivity index (χ0n) is 19.9. The molecule has 0 aromatic carbocycles. The maximum absolute atomic E-state index is 12.7. The maximum atomic E-state index is 12.7. The van der Waals surface area contributed by atoms with E-state index in [-0.39, 0.29) is 6.61 Å². The summed E-state index contributed by atoms with van der Waals surface area (Å²) in [5.74, 6) is 3.50. The third-order valence-corrected chi connectivity index (χ3v) is 8.71. The number of amides is 1. The normalized spacial score (nSPS) is 24.3. The van der Waals surface area contributed by atoms with Gasteiger partial charge in [0.15, 0.2) is 5.82 Å². The van der Waals surface area contributed by atoms with E-state index in [9.17, 15) is 9.00 Å². The van der Waals surface area contributed by atoms with Crippen molar-refractivity contribution in [2.45, 2.75) is 50.0 Å². The van der Waals surface area contributed by atoms with Gasteiger partial charge in [-0.1, -0.05) is 6.08 Å². The number of anilines is 2. The quantitative estimate of drug-likeness (QED) is 0.615. The van der Waals surface area contributed by atoms with Crippen molar-refractivity contribution in [3.8, 4) is 0 Å². The zero-order valence-corrected chi connectivity index (χ0v) is 20.7. The summed E-state index contributed by atoms with van der Waals surface area (Å²) >= 11 is 0. The second-order valence-corrected chi connectivity index (χ2v) is 12.0. The van der Waals surface area contributed by atoms with E-state index in [2.05, 4.69) is 21.3 Å². The lowest BCUT2D eigenvalue weighted by Gasteiger charge is -2.28. The lowest BCUT2D eigenvalue weighted by Crippen LogP contribution is -2.39. The van der Waals surface area contributed by atoms with Crippen LogP contribution in [0.1, 0.15) is 43.0 Å². The number of nitrogens with one attached hydrogen (secondary N) is 1. The molecule has 2 aliphatic carbocycles. The minimum Gasteiger partial charge on any atom is -0.447 e. The summed E-state index contributed by atoms with van der Waals surface area (Å²) in [7, 11) is -1.16. The molecule has 2 aromatic rings. The van der Waals surface area contributed by atoms with Crippen molar-refractivity contribution < 1.29 is 13.7 Å². The molecule has 0 radical (unpaired) electrons. The van der Waals surface area contributed by atoms with Gasteiger partial charge < -0.3 is 20.7 Å². The fourth-order valence-corrected chi connectivity index (χ4v) is 6.66. The Kier molecular flexibility index (Phi) is 5.28. The van der Waals surface area contributed by atoms with Crippen molar-refractivity contribution in [2.24, 2.45) is 17.6 Å². The number of allylic oxidation sites excluding steroid dienone is 1. The molecule has 4 aliphatic rings. The summed E-state index contributed by atoms with van der Waals surface area (Å²) in [5, 5.41) is 3.33. The van der Waals surface area contributed by atoms with Crippen molar-refractivity contribution in [1.29, 1.82) is 0 Å². The van der Waals surface area contributed by atoms with Crippen molar-refractivity contribution >= 4 is 34.2 Å². The summed E-state index contributed by atoms with van der Waals surface area (Å²) in [4.78, 5) is 33.0. The molecule has 3 atom stereocenters. The number of carbonyl (C=O) groups is 1. The molecule has 0 spiro atoms. The van der Waals surface area contributed by atoms with E-state index in [1.807, 2.05) is 20.0 Å². The first-order chi connectivity index (χ1) is 16.8. The van der Waals surface area contributed by atoms with Crippen LogP contribution in [-0.2, 0) is 34.8 Å². The van der Waals surface area contributed by atoms with E-state index in [0.717, 1.165) is 43.9 Å². The number of nitrogens with zero attached hydrogens (tertiary/aromatic N) is 5. The van der Waals surface area contributed by atoms with Gasteiger partial charge in [-0.05, 0) is 56.1 Å². The van der Waals surface area contributed by atoms with Crippen molar-refractivity contribution in [2.75, 3.05) is 35.7 Å². The first-order valence-electron chi connectivity index (χ1n) is 12.1. The summed E-state index contributed by atoms with van der Waals surface area (Å²) < 4.78 is 17.7. The molecule has 2 aromatic heterocycles. The van der Waals surface area contributed by atoms with Crippen LogP contribution in [0, 0.1) is 11.8 Å². The van der Waals surface area contributed by atoms with Crippen LogP contribution in [0.15, 0.2) is 17.2 Å². The molecule has 4 heterocycles. The Balaban J connectivity index is 1.23. The predicted molar refractivity (Wildman–Crippen MR) is 131 cm³/mol. The molecule has 184 valence electrons. The number of aryl methyl sites for hydroxylation is 3. The number of hydrogen-bond acceptors (Lipinski definition) is 9. The average Bonchev–Trinajstić information content (AvgIpc) is 3.46. The van der Waals surface area contributed by atoms with Gasteiger partial charge in [0.25, 0.3) is 0 Å². The Labute approximate surface area is 206 Å². The molecule has 6 rings (SSSR count). The van der Waals surface area contributed by atoms with Gasteiger partial charge in [-0.3, -0.25) is 4.21 Å².